The minimum atomic E-state index is 0.607. The fourth-order valence-corrected chi connectivity index (χ4v) is 2.68. The zero-order valence-electron chi connectivity index (χ0n) is 12.8. The molecule has 1 heterocycles. The number of nitrogens with zero attached hydrogens (tertiary/aromatic N) is 2. The topological polar surface area (TPSA) is 53.1 Å². The van der Waals surface area contributed by atoms with Crippen molar-refractivity contribution in [3.8, 4) is 17.0 Å². The lowest BCUT2D eigenvalue weighted by Gasteiger charge is -2.07. The van der Waals surface area contributed by atoms with E-state index in [4.69, 9.17) is 15.5 Å². The Bertz CT molecular complexity index is 612. The van der Waals surface area contributed by atoms with Gasteiger partial charge >= 0.3 is 0 Å². The van der Waals surface area contributed by atoms with Gasteiger partial charge in [0.05, 0.1) is 6.61 Å². The van der Waals surface area contributed by atoms with Gasteiger partial charge in [-0.1, -0.05) is 6.92 Å². The first-order valence-corrected chi connectivity index (χ1v) is 7.83. The minimum absolute atomic E-state index is 0.607. The molecule has 0 saturated heterocycles. The molecule has 1 aromatic heterocycles. The summed E-state index contributed by atoms with van der Waals surface area (Å²) in [7, 11) is 0. The van der Waals surface area contributed by atoms with E-state index in [-0.39, 0.29) is 0 Å². The van der Waals surface area contributed by atoms with Crippen molar-refractivity contribution in [1.29, 1.82) is 0 Å². The Morgan fingerprint density at radius 1 is 1.24 bits per heavy atom. The van der Waals surface area contributed by atoms with Gasteiger partial charge in [0, 0.05) is 18.0 Å². The van der Waals surface area contributed by atoms with Gasteiger partial charge in [0.15, 0.2) is 0 Å². The van der Waals surface area contributed by atoms with Crippen LogP contribution in [0, 0.1) is 0 Å². The molecule has 21 heavy (non-hydrogen) atoms. The molecule has 0 radical (unpaired) electrons. The van der Waals surface area contributed by atoms with Crippen LogP contribution in [-0.2, 0) is 6.54 Å². The van der Waals surface area contributed by atoms with Crippen molar-refractivity contribution < 1.29 is 4.74 Å². The van der Waals surface area contributed by atoms with Crippen LogP contribution in [0.25, 0.3) is 11.3 Å². The molecule has 2 aromatic rings. The molecule has 0 spiro atoms. The average Bonchev–Trinajstić information content (AvgIpc) is 3.28. The molecule has 0 aliphatic heterocycles. The molecule has 4 heteroatoms. The highest BCUT2D eigenvalue weighted by Gasteiger charge is 2.30. The second-order valence-corrected chi connectivity index (χ2v) is 5.59. The van der Waals surface area contributed by atoms with Gasteiger partial charge in [0.1, 0.15) is 23.1 Å². The first-order valence-electron chi connectivity index (χ1n) is 7.83. The standard InChI is InChI=1S/C17H23N3O/c1-3-11-20-16(18)15(19-17(20)13-5-6-13)12-7-9-14(10-8-12)21-4-2/h7-10,13H,3-6,11,18H2,1-2H3. The van der Waals surface area contributed by atoms with Crippen molar-refractivity contribution in [1.82, 2.24) is 9.55 Å². The SMILES string of the molecule is CCCn1c(C2CC2)nc(-c2ccc(OCC)cc2)c1N. The highest BCUT2D eigenvalue weighted by atomic mass is 16.5. The van der Waals surface area contributed by atoms with Crippen molar-refractivity contribution in [2.75, 3.05) is 12.3 Å². The number of benzene rings is 1. The van der Waals surface area contributed by atoms with Crippen molar-refractivity contribution in [2.24, 2.45) is 0 Å². The summed E-state index contributed by atoms with van der Waals surface area (Å²) in [4.78, 5) is 4.83. The predicted molar refractivity (Wildman–Crippen MR) is 85.5 cm³/mol. The van der Waals surface area contributed by atoms with Crippen molar-refractivity contribution >= 4 is 5.82 Å². The maximum atomic E-state index is 6.35. The van der Waals surface area contributed by atoms with Crippen molar-refractivity contribution in [2.45, 2.75) is 45.6 Å². The number of imidazole rings is 1. The van der Waals surface area contributed by atoms with Gasteiger partial charge in [-0.25, -0.2) is 4.98 Å². The quantitative estimate of drug-likeness (QED) is 0.878. The van der Waals surface area contributed by atoms with Gasteiger partial charge in [-0.15, -0.1) is 0 Å². The third-order valence-corrected chi connectivity index (χ3v) is 3.86. The third kappa shape index (κ3) is 2.75. The van der Waals surface area contributed by atoms with E-state index in [1.54, 1.807) is 0 Å². The first kappa shape index (κ1) is 14.0. The van der Waals surface area contributed by atoms with E-state index in [9.17, 15) is 0 Å². The minimum Gasteiger partial charge on any atom is -0.494 e. The summed E-state index contributed by atoms with van der Waals surface area (Å²) < 4.78 is 7.68. The maximum absolute atomic E-state index is 6.35. The van der Waals surface area contributed by atoms with Crippen LogP contribution in [0.3, 0.4) is 0 Å². The summed E-state index contributed by atoms with van der Waals surface area (Å²) in [6.45, 7) is 5.78. The monoisotopic (exact) mass is 285 g/mol. The number of hydrogen-bond acceptors (Lipinski definition) is 3. The summed E-state index contributed by atoms with van der Waals surface area (Å²) >= 11 is 0. The van der Waals surface area contributed by atoms with Crippen LogP contribution in [0.4, 0.5) is 5.82 Å². The van der Waals surface area contributed by atoms with Crippen LogP contribution in [0.15, 0.2) is 24.3 Å². The summed E-state index contributed by atoms with van der Waals surface area (Å²) in [5.41, 5.74) is 8.33. The number of anilines is 1. The largest absolute Gasteiger partial charge is 0.494 e. The molecule has 2 N–H and O–H groups in total. The highest BCUT2D eigenvalue weighted by Crippen LogP contribution is 2.42. The molecule has 1 aliphatic carbocycles. The summed E-state index contributed by atoms with van der Waals surface area (Å²) in [6.07, 6.45) is 3.55. The molecule has 0 amide bonds. The number of hydrogen-bond donors (Lipinski definition) is 1. The van der Waals surface area contributed by atoms with Crippen molar-refractivity contribution in [3.63, 3.8) is 0 Å². The molecular weight excluding hydrogens is 262 g/mol. The second-order valence-electron chi connectivity index (χ2n) is 5.59. The maximum Gasteiger partial charge on any atom is 0.131 e. The van der Waals surface area contributed by atoms with E-state index in [0.717, 1.165) is 35.8 Å². The van der Waals surface area contributed by atoms with Gasteiger partial charge in [0.2, 0.25) is 0 Å². The van der Waals surface area contributed by atoms with E-state index >= 15 is 0 Å². The lowest BCUT2D eigenvalue weighted by atomic mass is 10.1. The molecule has 1 saturated carbocycles. The van der Waals surface area contributed by atoms with Crippen LogP contribution in [0.1, 0.15) is 44.9 Å². The number of nitrogens with two attached hydrogens (primary N) is 1. The Morgan fingerprint density at radius 2 is 1.95 bits per heavy atom. The Hall–Kier alpha value is -1.97. The van der Waals surface area contributed by atoms with Gasteiger partial charge < -0.3 is 15.0 Å². The van der Waals surface area contributed by atoms with Crippen molar-refractivity contribution in [3.05, 3.63) is 30.1 Å². The Kier molecular flexibility index (Phi) is 3.86. The van der Waals surface area contributed by atoms with E-state index in [1.807, 2.05) is 31.2 Å². The lowest BCUT2D eigenvalue weighted by Crippen LogP contribution is -2.06. The summed E-state index contributed by atoms with van der Waals surface area (Å²) in [6, 6.07) is 8.04. The van der Waals surface area contributed by atoms with Gasteiger partial charge in [0.25, 0.3) is 0 Å². The molecule has 0 atom stereocenters. The van der Waals surface area contributed by atoms with E-state index in [2.05, 4.69) is 11.5 Å². The fourth-order valence-electron chi connectivity index (χ4n) is 2.68. The molecule has 4 nitrogen and oxygen atoms in total. The molecule has 1 aliphatic rings. The van der Waals surface area contributed by atoms with Gasteiger partial charge in [-0.2, -0.15) is 0 Å². The van der Waals surface area contributed by atoms with Crippen LogP contribution in [-0.4, -0.2) is 16.2 Å². The van der Waals surface area contributed by atoms with Crippen LogP contribution < -0.4 is 10.5 Å². The molecule has 0 unspecified atom stereocenters. The third-order valence-electron chi connectivity index (χ3n) is 3.86. The van der Waals surface area contributed by atoms with E-state index in [1.165, 1.54) is 18.7 Å². The molecular formula is C17H23N3O. The molecule has 112 valence electrons. The molecule has 0 bridgehead atoms. The van der Waals surface area contributed by atoms with E-state index in [0.29, 0.717) is 12.5 Å². The summed E-state index contributed by atoms with van der Waals surface area (Å²) in [5.74, 6) is 3.45. The summed E-state index contributed by atoms with van der Waals surface area (Å²) in [5, 5.41) is 0. The normalized spacial score (nSPS) is 14.4. The Balaban J connectivity index is 1.95. The molecule has 1 fully saturated rings. The predicted octanol–water partition coefficient (Wildman–Crippen LogP) is 3.82. The number of ether oxygens (including phenoxy) is 1. The van der Waals surface area contributed by atoms with Crippen LogP contribution in [0.2, 0.25) is 0 Å². The molecule has 3 rings (SSSR count). The zero-order valence-corrected chi connectivity index (χ0v) is 12.8. The van der Waals surface area contributed by atoms with Crippen LogP contribution >= 0.6 is 0 Å². The van der Waals surface area contributed by atoms with Crippen LogP contribution in [0.5, 0.6) is 5.75 Å². The zero-order chi connectivity index (χ0) is 14.8. The first-order chi connectivity index (χ1) is 10.2. The molecule has 1 aromatic carbocycles. The van der Waals surface area contributed by atoms with E-state index < -0.39 is 0 Å². The van der Waals surface area contributed by atoms with Gasteiger partial charge in [-0.05, 0) is 50.5 Å². The Morgan fingerprint density at radius 3 is 2.52 bits per heavy atom. The Labute approximate surface area is 125 Å². The number of nitrogen functional groups attached to an aromatic ring is 1. The second kappa shape index (κ2) is 5.80. The van der Waals surface area contributed by atoms with Gasteiger partial charge in [-0.3, -0.25) is 0 Å². The average molecular weight is 285 g/mol. The fraction of sp³-hybridized carbons (Fsp3) is 0.471. The lowest BCUT2D eigenvalue weighted by molar-refractivity contribution is 0.340. The smallest absolute Gasteiger partial charge is 0.131 e. The number of rotatable bonds is 6. The number of aromatic nitrogens is 2. The highest BCUT2D eigenvalue weighted by molar-refractivity contribution is 5.71.